The first-order valence-electron chi connectivity index (χ1n) is 5.75. The van der Waals surface area contributed by atoms with E-state index in [0.717, 1.165) is 11.1 Å². The first-order valence-corrected chi connectivity index (χ1v) is 5.75. The molecule has 0 saturated carbocycles. The number of aromatic hydroxyl groups is 1. The molecule has 1 aromatic rings. The molecular weight excluding hydrogens is 216 g/mol. The molecule has 0 aliphatic carbocycles. The molecule has 0 spiro atoms. The fourth-order valence-corrected chi connectivity index (χ4v) is 1.63. The lowest BCUT2D eigenvalue weighted by Crippen LogP contribution is -2.19. The fraction of sp³-hybridized carbons (Fsp3) is 0.462. The quantitative estimate of drug-likeness (QED) is 0.700. The number of anilines is 1. The Kier molecular flexibility index (Phi) is 4.52. The molecule has 0 bridgehead atoms. The molecule has 0 aliphatic rings. The van der Waals surface area contributed by atoms with E-state index in [4.69, 9.17) is 5.73 Å². The van der Waals surface area contributed by atoms with Gasteiger partial charge in [0.2, 0.25) is 5.91 Å². The van der Waals surface area contributed by atoms with Crippen molar-refractivity contribution >= 4 is 11.6 Å². The van der Waals surface area contributed by atoms with Crippen LogP contribution < -0.4 is 11.1 Å². The second-order valence-corrected chi connectivity index (χ2v) is 4.54. The van der Waals surface area contributed by atoms with Gasteiger partial charge in [0.1, 0.15) is 5.75 Å². The first-order chi connectivity index (χ1) is 7.90. The van der Waals surface area contributed by atoms with Crippen LogP contribution in [0.4, 0.5) is 5.69 Å². The minimum atomic E-state index is -0.123. The van der Waals surface area contributed by atoms with Crippen LogP contribution in [0.25, 0.3) is 0 Å². The SMILES string of the molecule is Cc1cc(C)c(O)c(NC(=O)CCC(C)N)c1. The molecule has 1 amide bonds. The molecule has 0 radical (unpaired) electrons. The summed E-state index contributed by atoms with van der Waals surface area (Å²) in [4.78, 5) is 11.6. The van der Waals surface area contributed by atoms with Crippen LogP contribution in [0.5, 0.6) is 5.75 Å². The molecular formula is C13H20N2O2. The van der Waals surface area contributed by atoms with Gasteiger partial charge in [0.25, 0.3) is 0 Å². The van der Waals surface area contributed by atoms with Crippen LogP contribution >= 0.6 is 0 Å². The number of nitrogens with one attached hydrogen (secondary N) is 1. The average molecular weight is 236 g/mol. The molecule has 0 aromatic heterocycles. The molecule has 1 atom stereocenters. The molecule has 4 N–H and O–H groups in total. The van der Waals surface area contributed by atoms with Crippen molar-refractivity contribution in [2.45, 2.75) is 39.7 Å². The molecule has 4 nitrogen and oxygen atoms in total. The molecule has 1 rings (SSSR count). The lowest BCUT2D eigenvalue weighted by atomic mass is 10.1. The van der Waals surface area contributed by atoms with Crippen LogP contribution in [0.15, 0.2) is 12.1 Å². The number of nitrogens with two attached hydrogens (primary N) is 1. The lowest BCUT2D eigenvalue weighted by Gasteiger charge is -2.11. The number of carbonyl (C=O) groups is 1. The van der Waals surface area contributed by atoms with Gasteiger partial charge >= 0.3 is 0 Å². The first kappa shape index (κ1) is 13.5. The third-order valence-corrected chi connectivity index (χ3v) is 2.55. The predicted octanol–water partition coefficient (Wildman–Crippen LogP) is 2.07. The topological polar surface area (TPSA) is 75.3 Å². The van der Waals surface area contributed by atoms with Crippen LogP contribution in [0, 0.1) is 13.8 Å². The largest absolute Gasteiger partial charge is 0.505 e. The minimum Gasteiger partial charge on any atom is -0.505 e. The van der Waals surface area contributed by atoms with Crippen molar-refractivity contribution in [2.75, 3.05) is 5.32 Å². The Morgan fingerprint density at radius 3 is 2.71 bits per heavy atom. The highest BCUT2D eigenvalue weighted by atomic mass is 16.3. The van der Waals surface area contributed by atoms with E-state index < -0.39 is 0 Å². The van der Waals surface area contributed by atoms with Gasteiger partial charge in [-0.2, -0.15) is 0 Å². The molecule has 94 valence electrons. The predicted molar refractivity (Wildman–Crippen MR) is 69.1 cm³/mol. The number of hydrogen-bond donors (Lipinski definition) is 3. The molecule has 17 heavy (non-hydrogen) atoms. The highest BCUT2D eigenvalue weighted by Gasteiger charge is 2.09. The number of phenols is 1. The molecule has 1 aromatic carbocycles. The zero-order valence-electron chi connectivity index (χ0n) is 10.6. The lowest BCUT2D eigenvalue weighted by molar-refractivity contribution is -0.116. The number of phenolic OH excluding ortho intramolecular Hbond substituents is 1. The minimum absolute atomic E-state index is 0.00796. The standard InChI is InChI=1S/C13H20N2O2/c1-8-6-9(2)13(17)11(7-8)15-12(16)5-4-10(3)14/h6-7,10,17H,4-5,14H2,1-3H3,(H,15,16). The normalized spacial score (nSPS) is 12.2. The number of aryl methyl sites for hydroxylation is 2. The smallest absolute Gasteiger partial charge is 0.224 e. The maximum atomic E-state index is 11.6. The van der Waals surface area contributed by atoms with E-state index in [0.29, 0.717) is 18.5 Å². The summed E-state index contributed by atoms with van der Waals surface area (Å²) in [6.45, 7) is 5.59. The summed E-state index contributed by atoms with van der Waals surface area (Å²) in [6.07, 6.45) is 1.00. The van der Waals surface area contributed by atoms with E-state index in [1.165, 1.54) is 0 Å². The Labute approximate surface area is 102 Å². The number of rotatable bonds is 4. The van der Waals surface area contributed by atoms with Crippen LogP contribution in [-0.4, -0.2) is 17.1 Å². The van der Waals surface area contributed by atoms with Crippen molar-refractivity contribution in [2.24, 2.45) is 5.73 Å². The molecule has 0 heterocycles. The van der Waals surface area contributed by atoms with Gasteiger partial charge in [0.15, 0.2) is 0 Å². The van der Waals surface area contributed by atoms with Crippen molar-refractivity contribution in [1.82, 2.24) is 0 Å². The van der Waals surface area contributed by atoms with Crippen molar-refractivity contribution in [3.8, 4) is 5.75 Å². The molecule has 1 unspecified atom stereocenters. The Balaban J connectivity index is 2.71. The third-order valence-electron chi connectivity index (χ3n) is 2.55. The zero-order valence-corrected chi connectivity index (χ0v) is 10.6. The summed E-state index contributed by atoms with van der Waals surface area (Å²) in [5.41, 5.74) is 7.81. The summed E-state index contributed by atoms with van der Waals surface area (Å²) in [7, 11) is 0. The van der Waals surface area contributed by atoms with Crippen LogP contribution in [-0.2, 0) is 4.79 Å². The molecule has 0 fully saturated rings. The van der Waals surface area contributed by atoms with Gasteiger partial charge in [-0.3, -0.25) is 4.79 Å². The molecule has 4 heteroatoms. The Morgan fingerprint density at radius 1 is 1.47 bits per heavy atom. The van der Waals surface area contributed by atoms with Gasteiger partial charge in [-0.15, -0.1) is 0 Å². The van der Waals surface area contributed by atoms with Crippen LogP contribution in [0.1, 0.15) is 30.9 Å². The Bertz CT molecular complexity index is 414. The van der Waals surface area contributed by atoms with Crippen molar-refractivity contribution in [1.29, 1.82) is 0 Å². The van der Waals surface area contributed by atoms with Crippen molar-refractivity contribution < 1.29 is 9.90 Å². The Hall–Kier alpha value is -1.55. The highest BCUT2D eigenvalue weighted by Crippen LogP contribution is 2.28. The van der Waals surface area contributed by atoms with Gasteiger partial charge in [-0.25, -0.2) is 0 Å². The van der Waals surface area contributed by atoms with Gasteiger partial charge in [0.05, 0.1) is 5.69 Å². The molecule has 0 saturated heterocycles. The van der Waals surface area contributed by atoms with E-state index >= 15 is 0 Å². The summed E-state index contributed by atoms with van der Waals surface area (Å²) in [5, 5.41) is 12.5. The number of hydrogen-bond acceptors (Lipinski definition) is 3. The van der Waals surface area contributed by atoms with E-state index in [2.05, 4.69) is 5.32 Å². The van der Waals surface area contributed by atoms with E-state index in [-0.39, 0.29) is 17.7 Å². The maximum absolute atomic E-state index is 11.6. The summed E-state index contributed by atoms with van der Waals surface area (Å²) >= 11 is 0. The summed E-state index contributed by atoms with van der Waals surface area (Å²) in [5.74, 6) is 0.00680. The van der Waals surface area contributed by atoms with Crippen molar-refractivity contribution in [3.05, 3.63) is 23.3 Å². The highest BCUT2D eigenvalue weighted by molar-refractivity contribution is 5.92. The molecule has 0 aliphatic heterocycles. The number of carbonyl (C=O) groups excluding carboxylic acids is 1. The van der Waals surface area contributed by atoms with Crippen LogP contribution in [0.3, 0.4) is 0 Å². The van der Waals surface area contributed by atoms with E-state index in [1.54, 1.807) is 13.0 Å². The van der Waals surface area contributed by atoms with Crippen molar-refractivity contribution in [3.63, 3.8) is 0 Å². The van der Waals surface area contributed by atoms with Gasteiger partial charge in [0, 0.05) is 12.5 Å². The third kappa shape index (κ3) is 4.07. The number of amides is 1. The summed E-state index contributed by atoms with van der Waals surface area (Å²) < 4.78 is 0. The fourth-order valence-electron chi connectivity index (χ4n) is 1.63. The Morgan fingerprint density at radius 2 is 2.12 bits per heavy atom. The van der Waals surface area contributed by atoms with E-state index in [9.17, 15) is 9.90 Å². The summed E-state index contributed by atoms with van der Waals surface area (Å²) in [6, 6.07) is 3.63. The van der Waals surface area contributed by atoms with Crippen LogP contribution in [0.2, 0.25) is 0 Å². The average Bonchev–Trinajstić information content (AvgIpc) is 2.22. The monoisotopic (exact) mass is 236 g/mol. The van der Waals surface area contributed by atoms with Gasteiger partial charge in [-0.05, 0) is 44.4 Å². The van der Waals surface area contributed by atoms with E-state index in [1.807, 2.05) is 19.9 Å². The second kappa shape index (κ2) is 5.68. The maximum Gasteiger partial charge on any atom is 0.224 e. The number of benzene rings is 1. The van der Waals surface area contributed by atoms with Gasteiger partial charge < -0.3 is 16.2 Å². The zero-order chi connectivity index (χ0) is 13.0. The second-order valence-electron chi connectivity index (χ2n) is 4.54. The van der Waals surface area contributed by atoms with Gasteiger partial charge in [-0.1, -0.05) is 6.07 Å².